The number of benzene rings is 2. The number of amides is 1. The Labute approximate surface area is 187 Å². The van der Waals surface area contributed by atoms with Gasteiger partial charge in [-0.15, -0.1) is 0 Å². The number of nitrogens with zero attached hydrogens (tertiary/aromatic N) is 3. The van der Waals surface area contributed by atoms with E-state index >= 15 is 0 Å². The second-order valence-corrected chi connectivity index (χ2v) is 8.61. The number of aromatic nitrogens is 3. The number of rotatable bonds is 4. The number of carbonyl (C=O) groups excluding carboxylic acids is 1. The summed E-state index contributed by atoms with van der Waals surface area (Å²) < 4.78 is 8.04. The van der Waals surface area contributed by atoms with E-state index in [0.717, 1.165) is 45.6 Å². The highest BCUT2D eigenvalue weighted by Crippen LogP contribution is 2.40. The van der Waals surface area contributed by atoms with Crippen LogP contribution in [-0.2, 0) is 13.5 Å². The molecule has 0 radical (unpaired) electrons. The van der Waals surface area contributed by atoms with Gasteiger partial charge in [0.05, 0.1) is 12.1 Å². The van der Waals surface area contributed by atoms with Crippen molar-refractivity contribution >= 4 is 16.8 Å². The Balaban J connectivity index is 1.37. The van der Waals surface area contributed by atoms with Crippen LogP contribution in [0.5, 0.6) is 5.75 Å². The predicted molar refractivity (Wildman–Crippen MR) is 125 cm³/mol. The smallest absolute Gasteiger partial charge is 0.271 e. The van der Waals surface area contributed by atoms with Crippen molar-refractivity contribution in [2.45, 2.75) is 33.3 Å². The molecule has 5 rings (SSSR count). The first-order chi connectivity index (χ1) is 15.4. The van der Waals surface area contributed by atoms with Crippen molar-refractivity contribution in [3.63, 3.8) is 0 Å². The minimum absolute atomic E-state index is 0.107. The summed E-state index contributed by atoms with van der Waals surface area (Å²) in [4.78, 5) is 17.1. The van der Waals surface area contributed by atoms with Crippen LogP contribution in [0.15, 0.2) is 48.5 Å². The van der Waals surface area contributed by atoms with Gasteiger partial charge in [-0.1, -0.05) is 18.2 Å². The highest BCUT2D eigenvalue weighted by molar-refractivity contribution is 5.92. The van der Waals surface area contributed by atoms with E-state index in [0.29, 0.717) is 12.2 Å². The quantitative estimate of drug-likeness (QED) is 0.528. The molecular formula is C26H26N4O2. The maximum Gasteiger partial charge on any atom is 0.271 e. The van der Waals surface area contributed by atoms with Crippen LogP contribution in [0.2, 0.25) is 0 Å². The second-order valence-electron chi connectivity index (χ2n) is 8.61. The summed E-state index contributed by atoms with van der Waals surface area (Å²) in [6.45, 7) is 6.47. The molecular weight excluding hydrogens is 400 g/mol. The van der Waals surface area contributed by atoms with Crippen molar-refractivity contribution in [3.05, 3.63) is 76.7 Å². The van der Waals surface area contributed by atoms with Crippen LogP contribution >= 0.6 is 0 Å². The molecule has 0 bridgehead atoms. The van der Waals surface area contributed by atoms with E-state index in [9.17, 15) is 4.79 Å². The fourth-order valence-corrected chi connectivity index (χ4v) is 4.28. The molecule has 1 atom stereocenters. The molecule has 6 nitrogen and oxygen atoms in total. The molecule has 1 aliphatic rings. The Morgan fingerprint density at radius 3 is 2.75 bits per heavy atom. The Hall–Kier alpha value is -3.67. The largest absolute Gasteiger partial charge is 0.487 e. The molecule has 3 heterocycles. The number of ether oxygens (including phenoxy) is 1. The van der Waals surface area contributed by atoms with E-state index < -0.39 is 0 Å². The zero-order chi connectivity index (χ0) is 22.4. The fourth-order valence-electron chi connectivity index (χ4n) is 4.28. The molecule has 0 unspecified atom stereocenters. The molecule has 1 aliphatic heterocycles. The summed E-state index contributed by atoms with van der Waals surface area (Å²) in [5.74, 6) is 0.727. The zero-order valence-corrected chi connectivity index (χ0v) is 18.8. The lowest BCUT2D eigenvalue weighted by Gasteiger charge is -2.14. The number of carbonyl (C=O) groups is 1. The monoisotopic (exact) mass is 426 g/mol. The normalized spacial score (nSPS) is 14.9. The molecule has 1 N–H and O–H groups in total. The number of nitrogens with one attached hydrogen (secondary N) is 1. The van der Waals surface area contributed by atoms with Gasteiger partial charge in [0.2, 0.25) is 0 Å². The third kappa shape index (κ3) is 3.73. The molecule has 1 amide bonds. The number of hydrogen-bond acceptors (Lipinski definition) is 4. The molecule has 4 aromatic rings. The Kier molecular flexibility index (Phi) is 4.93. The van der Waals surface area contributed by atoms with Gasteiger partial charge >= 0.3 is 0 Å². The lowest BCUT2D eigenvalue weighted by molar-refractivity contribution is 0.0928. The van der Waals surface area contributed by atoms with Crippen molar-refractivity contribution in [2.24, 2.45) is 7.05 Å². The molecule has 0 saturated heterocycles. The van der Waals surface area contributed by atoms with Gasteiger partial charge in [0.15, 0.2) is 0 Å². The molecule has 0 aliphatic carbocycles. The summed E-state index contributed by atoms with van der Waals surface area (Å²) in [5.41, 5.74) is 7.93. The summed E-state index contributed by atoms with van der Waals surface area (Å²) >= 11 is 0. The van der Waals surface area contributed by atoms with Crippen LogP contribution in [0.1, 0.15) is 33.0 Å². The number of pyridine rings is 1. The van der Waals surface area contributed by atoms with Crippen molar-refractivity contribution in [1.82, 2.24) is 20.1 Å². The Bertz CT molecular complexity index is 1340. The summed E-state index contributed by atoms with van der Waals surface area (Å²) in [5, 5.41) is 8.33. The van der Waals surface area contributed by atoms with Crippen molar-refractivity contribution in [1.29, 1.82) is 0 Å². The average molecular weight is 427 g/mol. The van der Waals surface area contributed by atoms with Crippen LogP contribution in [-0.4, -0.2) is 33.3 Å². The SMILES string of the molecule is Cc1cc2c(c(-c3ccc4nc(C)ccc4c3)c1)O[C@@H](CNC(=O)c1cc(C)n(C)n1)C2. The van der Waals surface area contributed by atoms with E-state index in [-0.39, 0.29) is 12.0 Å². The first-order valence-electron chi connectivity index (χ1n) is 10.8. The van der Waals surface area contributed by atoms with Gasteiger partial charge in [-0.25, -0.2) is 0 Å². The molecule has 2 aromatic heterocycles. The minimum Gasteiger partial charge on any atom is -0.487 e. The van der Waals surface area contributed by atoms with Crippen LogP contribution in [0.3, 0.4) is 0 Å². The Morgan fingerprint density at radius 1 is 1.12 bits per heavy atom. The van der Waals surface area contributed by atoms with Gasteiger partial charge < -0.3 is 10.1 Å². The van der Waals surface area contributed by atoms with Gasteiger partial charge in [-0.2, -0.15) is 5.10 Å². The van der Waals surface area contributed by atoms with Crippen LogP contribution in [0, 0.1) is 20.8 Å². The van der Waals surface area contributed by atoms with Crippen molar-refractivity contribution in [2.75, 3.05) is 6.54 Å². The van der Waals surface area contributed by atoms with E-state index in [1.54, 1.807) is 10.7 Å². The highest BCUT2D eigenvalue weighted by Gasteiger charge is 2.27. The third-order valence-corrected chi connectivity index (χ3v) is 6.02. The molecule has 6 heteroatoms. The van der Waals surface area contributed by atoms with Crippen LogP contribution < -0.4 is 10.1 Å². The van der Waals surface area contributed by atoms with E-state index in [4.69, 9.17) is 4.74 Å². The minimum atomic E-state index is -0.179. The number of aryl methyl sites for hydroxylation is 4. The lowest BCUT2D eigenvalue weighted by Crippen LogP contribution is -2.34. The van der Waals surface area contributed by atoms with E-state index in [2.05, 4.69) is 58.7 Å². The summed E-state index contributed by atoms with van der Waals surface area (Å²) in [6.07, 6.45) is 0.656. The molecule has 0 fully saturated rings. The lowest BCUT2D eigenvalue weighted by atomic mass is 9.97. The van der Waals surface area contributed by atoms with Crippen LogP contribution in [0.25, 0.3) is 22.0 Å². The number of hydrogen-bond donors (Lipinski definition) is 1. The van der Waals surface area contributed by atoms with Gasteiger partial charge in [-0.3, -0.25) is 14.5 Å². The van der Waals surface area contributed by atoms with Crippen molar-refractivity contribution < 1.29 is 9.53 Å². The third-order valence-electron chi connectivity index (χ3n) is 6.02. The van der Waals surface area contributed by atoms with Crippen LogP contribution in [0.4, 0.5) is 0 Å². The molecule has 2 aromatic carbocycles. The standard InChI is InChI=1S/C26H26N4O2/c1-15-9-20-13-21(14-27-26(31)24-11-17(3)30(4)29-24)32-25(20)22(10-15)18-7-8-23-19(12-18)6-5-16(2)28-23/h5-12,21H,13-14H2,1-4H3,(H,27,31)/t21-/m1/s1. The maximum atomic E-state index is 12.5. The fraction of sp³-hybridized carbons (Fsp3) is 0.269. The second kappa shape index (κ2) is 7.79. The van der Waals surface area contributed by atoms with E-state index in [1.807, 2.05) is 27.0 Å². The first-order valence-corrected chi connectivity index (χ1v) is 10.8. The first kappa shape index (κ1) is 20.2. The average Bonchev–Trinajstić information content (AvgIpc) is 3.33. The summed E-state index contributed by atoms with van der Waals surface area (Å²) in [6, 6.07) is 16.6. The topological polar surface area (TPSA) is 69.0 Å². The van der Waals surface area contributed by atoms with Crippen molar-refractivity contribution in [3.8, 4) is 16.9 Å². The number of fused-ring (bicyclic) bond motifs is 2. The molecule has 0 saturated carbocycles. The molecule has 0 spiro atoms. The van der Waals surface area contributed by atoms with Gasteiger partial charge in [0, 0.05) is 35.8 Å². The van der Waals surface area contributed by atoms with Gasteiger partial charge in [0.1, 0.15) is 17.5 Å². The summed E-state index contributed by atoms with van der Waals surface area (Å²) in [7, 11) is 1.83. The van der Waals surface area contributed by atoms with Gasteiger partial charge in [0.25, 0.3) is 5.91 Å². The highest BCUT2D eigenvalue weighted by atomic mass is 16.5. The van der Waals surface area contributed by atoms with Gasteiger partial charge in [-0.05, 0) is 67.8 Å². The molecule has 32 heavy (non-hydrogen) atoms. The molecule has 162 valence electrons. The Morgan fingerprint density at radius 2 is 1.97 bits per heavy atom. The maximum absolute atomic E-state index is 12.5. The van der Waals surface area contributed by atoms with E-state index in [1.165, 1.54) is 11.1 Å². The zero-order valence-electron chi connectivity index (χ0n) is 18.8. The predicted octanol–water partition coefficient (Wildman–Crippen LogP) is 4.29.